The molecule has 3 rings (SSSR count). The highest BCUT2D eigenvalue weighted by Gasteiger charge is 2.52. The first-order valence-electron chi connectivity index (χ1n) is 11.0. The maximum absolute atomic E-state index is 13.5. The summed E-state index contributed by atoms with van der Waals surface area (Å²) in [6.45, 7) is 3.72. The Morgan fingerprint density at radius 3 is 2.47 bits per heavy atom. The van der Waals surface area contributed by atoms with Crippen LogP contribution in [0, 0.1) is 5.82 Å². The van der Waals surface area contributed by atoms with Crippen molar-refractivity contribution >= 4 is 27.7 Å². The lowest BCUT2D eigenvalue weighted by Crippen LogP contribution is -2.49. The largest absolute Gasteiger partial charge is 0.337 e. The maximum Gasteiger partial charge on any atom is 0.325 e. The van der Waals surface area contributed by atoms with Gasteiger partial charge in [-0.15, -0.1) is 0 Å². The summed E-state index contributed by atoms with van der Waals surface area (Å²) in [5.41, 5.74) is -0.888. The van der Waals surface area contributed by atoms with Crippen molar-refractivity contribution in [3.05, 3.63) is 35.6 Å². The molecule has 32 heavy (non-hydrogen) atoms. The van der Waals surface area contributed by atoms with Gasteiger partial charge in [0.1, 0.15) is 17.9 Å². The van der Waals surface area contributed by atoms with Crippen LogP contribution in [0.4, 0.5) is 9.18 Å². The third-order valence-electron chi connectivity index (χ3n) is 6.15. The fraction of sp³-hybridized carbons (Fsp3) is 0.591. The van der Waals surface area contributed by atoms with Gasteiger partial charge in [0.05, 0.1) is 11.5 Å². The Bertz CT molecular complexity index is 982. The summed E-state index contributed by atoms with van der Waals surface area (Å²) in [7, 11) is -3.19. The lowest BCUT2D eigenvalue weighted by molar-refractivity contribution is -0.140. The van der Waals surface area contributed by atoms with Crippen LogP contribution in [0.15, 0.2) is 24.3 Å². The van der Waals surface area contributed by atoms with E-state index in [4.69, 9.17) is 0 Å². The van der Waals surface area contributed by atoms with Crippen molar-refractivity contribution in [2.75, 3.05) is 24.6 Å². The van der Waals surface area contributed by atoms with Crippen LogP contribution in [0.2, 0.25) is 0 Å². The number of unbranched alkanes of at least 4 members (excludes halogenated alkanes) is 1. The molecule has 1 aromatic rings. The summed E-state index contributed by atoms with van der Waals surface area (Å²) in [5.74, 6) is -1.53. The molecule has 0 aliphatic carbocycles. The number of hydrogen-bond donors (Lipinski definition) is 1. The van der Waals surface area contributed by atoms with Crippen LogP contribution < -0.4 is 5.32 Å². The van der Waals surface area contributed by atoms with Gasteiger partial charge in [0, 0.05) is 12.6 Å². The molecule has 2 atom stereocenters. The van der Waals surface area contributed by atoms with Crippen LogP contribution in [-0.4, -0.2) is 66.7 Å². The summed E-state index contributed by atoms with van der Waals surface area (Å²) in [6.07, 6.45) is 2.73. The van der Waals surface area contributed by atoms with E-state index in [0.29, 0.717) is 37.8 Å². The zero-order chi connectivity index (χ0) is 23.5. The number of sulfone groups is 1. The molecule has 2 unspecified atom stereocenters. The second-order valence-electron chi connectivity index (χ2n) is 8.48. The molecule has 176 valence electrons. The van der Waals surface area contributed by atoms with Crippen molar-refractivity contribution in [1.82, 2.24) is 15.1 Å². The smallest absolute Gasteiger partial charge is 0.325 e. The molecule has 2 heterocycles. The van der Waals surface area contributed by atoms with Gasteiger partial charge in [0.25, 0.3) is 5.91 Å². The summed E-state index contributed by atoms with van der Waals surface area (Å²) in [5, 5.41) is 2.75. The minimum atomic E-state index is -3.19. The molecule has 4 amide bonds. The minimum Gasteiger partial charge on any atom is -0.337 e. The number of imide groups is 1. The molecule has 0 bridgehead atoms. The van der Waals surface area contributed by atoms with E-state index in [-0.39, 0.29) is 11.5 Å². The molecule has 10 heteroatoms. The molecule has 2 fully saturated rings. The molecule has 1 aromatic carbocycles. The molecule has 8 nitrogen and oxygen atoms in total. The first-order valence-corrected chi connectivity index (χ1v) is 12.9. The van der Waals surface area contributed by atoms with Gasteiger partial charge in [-0.2, -0.15) is 0 Å². The Morgan fingerprint density at radius 1 is 1.22 bits per heavy atom. The van der Waals surface area contributed by atoms with Gasteiger partial charge in [0.15, 0.2) is 9.84 Å². The van der Waals surface area contributed by atoms with Crippen LogP contribution >= 0.6 is 0 Å². The van der Waals surface area contributed by atoms with Gasteiger partial charge >= 0.3 is 6.03 Å². The summed E-state index contributed by atoms with van der Waals surface area (Å²) in [6, 6.07) is 4.29. The zero-order valence-corrected chi connectivity index (χ0v) is 19.3. The summed E-state index contributed by atoms with van der Waals surface area (Å²) in [4.78, 5) is 41.7. The van der Waals surface area contributed by atoms with E-state index in [2.05, 4.69) is 5.32 Å². The topological polar surface area (TPSA) is 104 Å². The Balaban J connectivity index is 1.84. The molecule has 0 radical (unpaired) electrons. The molecule has 0 spiro atoms. The standard InChI is InChI=1S/C22H30FN3O5S/c1-3-5-11-22(16-6-8-17(23)9-7-16)20(28)26(21(29)24-22)14-19(27)25(12-4-2)18-10-13-32(30,31)15-18/h6-9,18H,3-5,10-15H2,1-2H3,(H,24,29). The van der Waals surface area contributed by atoms with E-state index in [0.717, 1.165) is 11.3 Å². The number of nitrogens with one attached hydrogen (secondary N) is 1. The maximum atomic E-state index is 13.5. The first-order chi connectivity index (χ1) is 15.1. The summed E-state index contributed by atoms with van der Waals surface area (Å²) < 4.78 is 37.2. The predicted octanol–water partition coefficient (Wildman–Crippen LogP) is 2.19. The van der Waals surface area contributed by atoms with Gasteiger partial charge in [-0.05, 0) is 37.0 Å². The monoisotopic (exact) mass is 467 g/mol. The number of benzene rings is 1. The van der Waals surface area contributed by atoms with Gasteiger partial charge in [0.2, 0.25) is 5.91 Å². The fourth-order valence-corrected chi connectivity index (χ4v) is 6.19. The van der Waals surface area contributed by atoms with E-state index in [1.54, 1.807) is 0 Å². The molecule has 2 aliphatic heterocycles. The van der Waals surface area contributed by atoms with Crippen LogP contribution in [-0.2, 0) is 25.0 Å². The molecule has 2 saturated heterocycles. The number of halogens is 1. The van der Waals surface area contributed by atoms with Gasteiger partial charge < -0.3 is 10.2 Å². The highest BCUT2D eigenvalue weighted by Crippen LogP contribution is 2.34. The first kappa shape index (κ1) is 24.2. The minimum absolute atomic E-state index is 0.0268. The number of amides is 4. The fourth-order valence-electron chi connectivity index (χ4n) is 4.45. The highest BCUT2D eigenvalue weighted by atomic mass is 32.2. The van der Waals surface area contributed by atoms with Crippen molar-refractivity contribution in [2.45, 2.75) is 57.5 Å². The van der Waals surface area contributed by atoms with E-state index < -0.39 is 51.6 Å². The van der Waals surface area contributed by atoms with Gasteiger partial charge in [-0.25, -0.2) is 17.6 Å². The number of nitrogens with zero attached hydrogens (tertiary/aromatic N) is 2. The Kier molecular flexibility index (Phi) is 7.22. The quantitative estimate of drug-likeness (QED) is 0.561. The number of rotatable bonds is 9. The lowest BCUT2D eigenvalue weighted by Gasteiger charge is -2.30. The second-order valence-corrected chi connectivity index (χ2v) is 10.7. The van der Waals surface area contributed by atoms with Gasteiger partial charge in [-0.3, -0.25) is 14.5 Å². The Morgan fingerprint density at radius 2 is 1.91 bits per heavy atom. The molecule has 0 aromatic heterocycles. The van der Waals surface area contributed by atoms with Gasteiger partial charge in [-0.1, -0.05) is 38.8 Å². The van der Waals surface area contributed by atoms with Crippen LogP contribution in [0.1, 0.15) is 51.5 Å². The number of hydrogen-bond acceptors (Lipinski definition) is 5. The Labute approximate surface area is 188 Å². The third kappa shape index (κ3) is 4.79. The van der Waals surface area contributed by atoms with Crippen molar-refractivity contribution in [2.24, 2.45) is 0 Å². The molecule has 0 saturated carbocycles. The highest BCUT2D eigenvalue weighted by molar-refractivity contribution is 7.91. The van der Waals surface area contributed by atoms with E-state index >= 15 is 0 Å². The molecular weight excluding hydrogens is 437 g/mol. The summed E-state index contributed by atoms with van der Waals surface area (Å²) >= 11 is 0. The third-order valence-corrected chi connectivity index (χ3v) is 7.90. The molecule has 1 N–H and O–H groups in total. The van der Waals surface area contributed by atoms with Crippen molar-refractivity contribution in [3.8, 4) is 0 Å². The second kappa shape index (κ2) is 9.56. The number of carbonyl (C=O) groups is 3. The average molecular weight is 468 g/mol. The lowest BCUT2D eigenvalue weighted by atomic mass is 9.85. The SMILES string of the molecule is CCCCC1(c2ccc(F)cc2)NC(=O)N(CC(=O)N(CCC)C2CCS(=O)(=O)C2)C1=O. The van der Waals surface area contributed by atoms with E-state index in [1.807, 2.05) is 13.8 Å². The average Bonchev–Trinajstić information content (AvgIpc) is 3.22. The predicted molar refractivity (Wildman–Crippen MR) is 117 cm³/mol. The normalized spacial score (nSPS) is 24.6. The zero-order valence-electron chi connectivity index (χ0n) is 18.5. The molecular formula is C22H30FN3O5S. The van der Waals surface area contributed by atoms with Crippen molar-refractivity contribution in [1.29, 1.82) is 0 Å². The number of urea groups is 1. The van der Waals surface area contributed by atoms with Crippen LogP contribution in [0.3, 0.4) is 0 Å². The van der Waals surface area contributed by atoms with E-state index in [9.17, 15) is 27.2 Å². The number of carbonyl (C=O) groups excluding carboxylic acids is 3. The molecule has 2 aliphatic rings. The van der Waals surface area contributed by atoms with Crippen LogP contribution in [0.5, 0.6) is 0 Å². The Hall–Kier alpha value is -2.49. The van der Waals surface area contributed by atoms with Crippen molar-refractivity contribution < 1.29 is 27.2 Å². The van der Waals surface area contributed by atoms with E-state index in [1.165, 1.54) is 29.2 Å². The van der Waals surface area contributed by atoms with Crippen molar-refractivity contribution in [3.63, 3.8) is 0 Å². The van der Waals surface area contributed by atoms with Crippen LogP contribution in [0.25, 0.3) is 0 Å².